The average Bonchev–Trinajstić information content (AvgIpc) is 3.04. The summed E-state index contributed by atoms with van der Waals surface area (Å²) in [5.41, 5.74) is 0.394. The second-order valence-electron chi connectivity index (χ2n) is 6.82. The first kappa shape index (κ1) is 24.5. The van der Waals surface area contributed by atoms with E-state index < -0.39 is 43.3 Å². The minimum Gasteiger partial charge on any atom is -0.445 e. The fraction of sp³-hybridized carbons (Fsp3) is 0.500. The molecule has 0 aromatic heterocycles. The Morgan fingerprint density at radius 1 is 1.29 bits per heavy atom. The van der Waals surface area contributed by atoms with E-state index in [1.54, 1.807) is 0 Å². The maximum Gasteiger partial charge on any atom is 0.410 e. The third-order valence-corrected chi connectivity index (χ3v) is 5.92. The number of ether oxygens (including phenoxy) is 1. The van der Waals surface area contributed by atoms with Crippen molar-refractivity contribution in [2.75, 3.05) is 26.1 Å². The summed E-state index contributed by atoms with van der Waals surface area (Å²) in [5, 5.41) is 14.5. The van der Waals surface area contributed by atoms with Gasteiger partial charge < -0.3 is 4.74 Å². The van der Waals surface area contributed by atoms with E-state index in [2.05, 4.69) is 5.10 Å². The highest BCUT2D eigenvalue weighted by Crippen LogP contribution is 2.22. The molecule has 2 rings (SSSR count). The van der Waals surface area contributed by atoms with Gasteiger partial charge in [0, 0.05) is 31.8 Å². The van der Waals surface area contributed by atoms with Crippen molar-refractivity contribution < 1.29 is 35.5 Å². The number of carbonyl (C=O) groups is 1. The van der Waals surface area contributed by atoms with Crippen LogP contribution in [0.5, 0.6) is 0 Å². The SMILES string of the molecule is CN(/N=C/[C@@H]1C[C@@H](OS(C)(=O)=O)CN1C(=O)OCc1ccc([N+](=O)[O-])cc1)S(C)(=O)=O. The molecule has 0 bridgehead atoms. The second-order valence-corrected chi connectivity index (χ2v) is 10.4. The Hall–Kier alpha value is -2.78. The molecule has 0 saturated carbocycles. The van der Waals surface area contributed by atoms with E-state index in [0.717, 1.165) is 12.5 Å². The molecule has 0 aliphatic carbocycles. The number of hydrazone groups is 1. The number of nitro groups is 1. The lowest BCUT2D eigenvalue weighted by Gasteiger charge is -2.21. The Morgan fingerprint density at radius 2 is 1.90 bits per heavy atom. The van der Waals surface area contributed by atoms with Crippen LogP contribution in [-0.4, -0.2) is 81.6 Å². The predicted octanol–water partition coefficient (Wildman–Crippen LogP) is 0.528. The summed E-state index contributed by atoms with van der Waals surface area (Å²) in [5.74, 6) is 0. The van der Waals surface area contributed by atoms with Crippen LogP contribution in [0.25, 0.3) is 0 Å². The number of carbonyl (C=O) groups excluding carboxylic acids is 1. The van der Waals surface area contributed by atoms with Crippen LogP contribution < -0.4 is 0 Å². The van der Waals surface area contributed by atoms with Crippen LogP contribution in [0.15, 0.2) is 29.4 Å². The molecule has 1 heterocycles. The Morgan fingerprint density at radius 3 is 2.42 bits per heavy atom. The van der Waals surface area contributed by atoms with E-state index in [1.807, 2.05) is 0 Å². The third kappa shape index (κ3) is 7.45. The van der Waals surface area contributed by atoms with Gasteiger partial charge in [0.15, 0.2) is 0 Å². The molecule has 1 aliphatic heterocycles. The molecular weight excluding hydrogens is 456 g/mol. The average molecular weight is 479 g/mol. The van der Waals surface area contributed by atoms with Gasteiger partial charge in [0.25, 0.3) is 15.8 Å². The number of hydrogen-bond acceptors (Lipinski definition) is 10. The van der Waals surface area contributed by atoms with Crippen LogP contribution in [0.2, 0.25) is 0 Å². The van der Waals surface area contributed by atoms with E-state index in [-0.39, 0.29) is 25.3 Å². The molecule has 0 unspecified atom stereocenters. The number of hydrogen-bond donors (Lipinski definition) is 0. The molecule has 1 amide bonds. The first-order valence-corrected chi connectivity index (χ1v) is 12.5. The van der Waals surface area contributed by atoms with Gasteiger partial charge in [-0.25, -0.2) is 13.2 Å². The maximum absolute atomic E-state index is 12.6. The number of non-ortho nitro benzene ring substituents is 1. The van der Waals surface area contributed by atoms with E-state index in [0.29, 0.717) is 9.98 Å². The van der Waals surface area contributed by atoms with Crippen LogP contribution in [0.3, 0.4) is 0 Å². The number of likely N-dealkylation sites (tertiary alicyclic amines) is 1. The lowest BCUT2D eigenvalue weighted by molar-refractivity contribution is -0.384. The molecule has 1 aliphatic rings. The molecule has 1 aromatic rings. The van der Waals surface area contributed by atoms with Crippen LogP contribution in [0.4, 0.5) is 10.5 Å². The van der Waals surface area contributed by atoms with Crippen LogP contribution in [0, 0.1) is 10.1 Å². The fourth-order valence-electron chi connectivity index (χ4n) is 2.69. The number of benzene rings is 1. The van der Waals surface area contributed by atoms with Gasteiger partial charge in [0.05, 0.1) is 36.1 Å². The Bertz CT molecular complexity index is 1060. The van der Waals surface area contributed by atoms with E-state index in [4.69, 9.17) is 8.92 Å². The molecule has 1 saturated heterocycles. The molecule has 15 heteroatoms. The van der Waals surface area contributed by atoms with Crippen molar-refractivity contribution >= 4 is 38.1 Å². The number of rotatable bonds is 8. The van der Waals surface area contributed by atoms with Crippen molar-refractivity contribution in [3.63, 3.8) is 0 Å². The zero-order valence-electron chi connectivity index (χ0n) is 16.9. The predicted molar refractivity (Wildman–Crippen MR) is 109 cm³/mol. The molecule has 31 heavy (non-hydrogen) atoms. The second kappa shape index (κ2) is 9.57. The van der Waals surface area contributed by atoms with Gasteiger partial charge in [-0.05, 0) is 17.7 Å². The number of amides is 1. The minimum absolute atomic E-state index is 0.0564. The number of nitro benzene ring substituents is 1. The molecule has 172 valence electrons. The summed E-state index contributed by atoms with van der Waals surface area (Å²) in [6.45, 7) is -0.302. The normalized spacial score (nSPS) is 19.5. The Kier molecular flexibility index (Phi) is 7.56. The summed E-state index contributed by atoms with van der Waals surface area (Å²) in [6, 6.07) is 4.63. The van der Waals surface area contributed by atoms with Crippen molar-refractivity contribution in [2.24, 2.45) is 5.10 Å². The molecule has 13 nitrogen and oxygen atoms in total. The summed E-state index contributed by atoms with van der Waals surface area (Å²) >= 11 is 0. The largest absolute Gasteiger partial charge is 0.445 e. The van der Waals surface area contributed by atoms with Gasteiger partial charge in [-0.2, -0.15) is 17.9 Å². The highest BCUT2D eigenvalue weighted by atomic mass is 32.2. The zero-order valence-corrected chi connectivity index (χ0v) is 18.6. The maximum atomic E-state index is 12.6. The quantitative estimate of drug-likeness (QED) is 0.224. The monoisotopic (exact) mass is 478 g/mol. The van der Waals surface area contributed by atoms with E-state index in [9.17, 15) is 31.7 Å². The fourth-order valence-corrected chi connectivity index (χ4v) is 3.55. The minimum atomic E-state index is -3.79. The topological polar surface area (TPSA) is 166 Å². The first-order valence-electron chi connectivity index (χ1n) is 8.79. The standard InChI is InChI=1S/C16H22N4O9S2/c1-18(30(2,24)25)17-9-14-8-15(29-31(3,26)27)10-19(14)16(21)28-11-12-4-6-13(7-5-12)20(22)23/h4-7,9,14-15H,8,10-11H2,1-3H3/b17-9+/t14-,15+/m0/s1. The van der Waals surface area contributed by atoms with Gasteiger partial charge >= 0.3 is 6.09 Å². The van der Waals surface area contributed by atoms with Gasteiger partial charge in [-0.1, -0.05) is 0 Å². The molecule has 0 spiro atoms. The van der Waals surface area contributed by atoms with Crippen molar-refractivity contribution in [1.29, 1.82) is 0 Å². The molecule has 2 atom stereocenters. The lowest BCUT2D eigenvalue weighted by atomic mass is 10.2. The number of nitrogens with zero attached hydrogens (tertiary/aromatic N) is 4. The summed E-state index contributed by atoms with van der Waals surface area (Å²) in [6.07, 6.45) is 1.41. The highest BCUT2D eigenvalue weighted by molar-refractivity contribution is 7.88. The van der Waals surface area contributed by atoms with Gasteiger partial charge in [0.2, 0.25) is 10.0 Å². The molecule has 0 radical (unpaired) electrons. The Labute approximate surface area is 179 Å². The highest BCUT2D eigenvalue weighted by Gasteiger charge is 2.38. The van der Waals surface area contributed by atoms with Crippen LogP contribution in [0.1, 0.15) is 12.0 Å². The zero-order chi connectivity index (χ0) is 23.4. The van der Waals surface area contributed by atoms with Gasteiger partial charge in [-0.15, -0.1) is 0 Å². The molecular formula is C16H22N4O9S2. The van der Waals surface area contributed by atoms with E-state index in [1.165, 1.54) is 42.4 Å². The first-order chi connectivity index (χ1) is 14.3. The summed E-state index contributed by atoms with van der Waals surface area (Å²) in [4.78, 5) is 23.9. The van der Waals surface area contributed by atoms with Crippen molar-refractivity contribution in [3.05, 3.63) is 39.9 Å². The molecule has 0 N–H and O–H groups in total. The summed E-state index contributed by atoms with van der Waals surface area (Å²) in [7, 11) is -6.18. The van der Waals surface area contributed by atoms with Crippen molar-refractivity contribution in [2.45, 2.75) is 25.2 Å². The Balaban J connectivity index is 2.11. The van der Waals surface area contributed by atoms with Crippen molar-refractivity contribution in [3.8, 4) is 0 Å². The van der Waals surface area contributed by atoms with Crippen LogP contribution in [-0.2, 0) is 35.7 Å². The van der Waals surface area contributed by atoms with Crippen molar-refractivity contribution in [1.82, 2.24) is 9.31 Å². The molecule has 1 aromatic carbocycles. The third-order valence-electron chi connectivity index (χ3n) is 4.24. The van der Waals surface area contributed by atoms with Gasteiger partial charge in [-0.3, -0.25) is 19.2 Å². The number of sulfonamides is 1. The smallest absolute Gasteiger partial charge is 0.410 e. The lowest BCUT2D eigenvalue weighted by Crippen LogP contribution is -2.38. The summed E-state index contributed by atoms with van der Waals surface area (Å²) < 4.78 is 56.7. The van der Waals surface area contributed by atoms with Crippen LogP contribution >= 0.6 is 0 Å². The molecule has 1 fully saturated rings. The van der Waals surface area contributed by atoms with E-state index >= 15 is 0 Å². The van der Waals surface area contributed by atoms with Gasteiger partial charge in [0.1, 0.15) is 6.61 Å².